The van der Waals surface area contributed by atoms with E-state index in [4.69, 9.17) is 9.15 Å². The third-order valence-corrected chi connectivity index (χ3v) is 5.32. The first-order valence-corrected chi connectivity index (χ1v) is 9.08. The summed E-state index contributed by atoms with van der Waals surface area (Å²) in [6.07, 6.45) is 2.46. The maximum Gasteiger partial charge on any atom is 0.125 e. The number of nitrogens with zero attached hydrogens (tertiary/aromatic N) is 1. The van der Waals surface area contributed by atoms with Crippen molar-refractivity contribution in [1.82, 2.24) is 4.90 Å². The van der Waals surface area contributed by atoms with Crippen molar-refractivity contribution < 1.29 is 9.15 Å². The molecule has 2 aromatic carbocycles. The molecule has 1 fully saturated rings. The SMILES string of the molecule is COc1cccc(C2CCCN(Cc3oc(C)c4ccccc34)C2)c1.Cl. The first-order valence-electron chi connectivity index (χ1n) is 9.08. The lowest BCUT2D eigenvalue weighted by molar-refractivity contribution is 0.187. The molecule has 138 valence electrons. The highest BCUT2D eigenvalue weighted by Gasteiger charge is 2.23. The number of rotatable bonds is 4. The van der Waals surface area contributed by atoms with E-state index in [1.165, 1.54) is 29.2 Å². The number of likely N-dealkylation sites (tertiary alicyclic amines) is 1. The third-order valence-electron chi connectivity index (χ3n) is 5.32. The third kappa shape index (κ3) is 3.74. The maximum absolute atomic E-state index is 6.08. The fourth-order valence-electron chi connectivity index (χ4n) is 4.02. The molecule has 0 radical (unpaired) electrons. The normalized spacial score (nSPS) is 17.8. The number of ether oxygens (including phenoxy) is 1. The minimum Gasteiger partial charge on any atom is -0.497 e. The van der Waals surface area contributed by atoms with E-state index in [0.717, 1.165) is 36.9 Å². The van der Waals surface area contributed by atoms with E-state index in [2.05, 4.69) is 54.3 Å². The van der Waals surface area contributed by atoms with Gasteiger partial charge in [-0.3, -0.25) is 4.90 Å². The minimum absolute atomic E-state index is 0. The van der Waals surface area contributed by atoms with E-state index in [1.807, 2.05) is 6.07 Å². The Bertz CT molecular complexity index is 873. The zero-order chi connectivity index (χ0) is 17.2. The Balaban J connectivity index is 0.00000196. The largest absolute Gasteiger partial charge is 0.497 e. The smallest absolute Gasteiger partial charge is 0.125 e. The van der Waals surface area contributed by atoms with E-state index in [-0.39, 0.29) is 12.4 Å². The molecule has 0 aliphatic carbocycles. The summed E-state index contributed by atoms with van der Waals surface area (Å²) in [5, 5.41) is 2.49. The minimum atomic E-state index is 0. The molecule has 1 unspecified atom stereocenters. The molecule has 3 aromatic rings. The summed E-state index contributed by atoms with van der Waals surface area (Å²) < 4.78 is 11.5. The molecule has 3 nitrogen and oxygen atoms in total. The van der Waals surface area contributed by atoms with Crippen molar-refractivity contribution >= 4 is 23.2 Å². The summed E-state index contributed by atoms with van der Waals surface area (Å²) >= 11 is 0. The van der Waals surface area contributed by atoms with Gasteiger partial charge in [0.1, 0.15) is 17.3 Å². The van der Waals surface area contributed by atoms with Crippen LogP contribution in [0.25, 0.3) is 10.8 Å². The number of furan rings is 1. The molecule has 0 saturated carbocycles. The van der Waals surface area contributed by atoms with Crippen LogP contribution in [0.15, 0.2) is 52.9 Å². The molecule has 1 aliphatic rings. The van der Waals surface area contributed by atoms with Gasteiger partial charge in [-0.15, -0.1) is 12.4 Å². The predicted molar refractivity (Wildman–Crippen MR) is 108 cm³/mol. The number of aryl methyl sites for hydroxylation is 1. The Labute approximate surface area is 161 Å². The van der Waals surface area contributed by atoms with Gasteiger partial charge in [0.2, 0.25) is 0 Å². The van der Waals surface area contributed by atoms with Crippen LogP contribution in [0.4, 0.5) is 0 Å². The van der Waals surface area contributed by atoms with Gasteiger partial charge in [-0.25, -0.2) is 0 Å². The molecule has 1 atom stereocenters. The van der Waals surface area contributed by atoms with Crippen molar-refractivity contribution in [1.29, 1.82) is 0 Å². The molecule has 26 heavy (non-hydrogen) atoms. The van der Waals surface area contributed by atoms with Crippen LogP contribution in [-0.4, -0.2) is 25.1 Å². The van der Waals surface area contributed by atoms with Crippen molar-refractivity contribution in [2.24, 2.45) is 0 Å². The second-order valence-corrected chi connectivity index (χ2v) is 6.98. The van der Waals surface area contributed by atoms with Crippen LogP contribution in [0.3, 0.4) is 0 Å². The van der Waals surface area contributed by atoms with Gasteiger partial charge in [0.05, 0.1) is 13.7 Å². The monoisotopic (exact) mass is 371 g/mol. The fourth-order valence-corrected chi connectivity index (χ4v) is 4.02. The predicted octanol–water partition coefficient (Wildman–Crippen LogP) is 5.55. The number of fused-ring (bicyclic) bond motifs is 1. The number of benzene rings is 2. The fraction of sp³-hybridized carbons (Fsp3) is 0.364. The second kappa shape index (κ2) is 8.15. The van der Waals surface area contributed by atoms with Crippen molar-refractivity contribution in [3.05, 3.63) is 65.6 Å². The Hall–Kier alpha value is -1.97. The van der Waals surface area contributed by atoms with Crippen LogP contribution in [0.2, 0.25) is 0 Å². The lowest BCUT2D eigenvalue weighted by Crippen LogP contribution is -2.33. The van der Waals surface area contributed by atoms with Crippen LogP contribution in [0.5, 0.6) is 5.75 Å². The first-order chi connectivity index (χ1) is 12.2. The molecule has 1 aliphatic heterocycles. The molecule has 0 amide bonds. The number of piperidine rings is 1. The van der Waals surface area contributed by atoms with E-state index in [1.54, 1.807) is 7.11 Å². The van der Waals surface area contributed by atoms with Gasteiger partial charge >= 0.3 is 0 Å². The maximum atomic E-state index is 6.08. The van der Waals surface area contributed by atoms with Crippen molar-refractivity contribution in [2.45, 2.75) is 32.2 Å². The lowest BCUT2D eigenvalue weighted by atomic mass is 9.90. The van der Waals surface area contributed by atoms with Crippen LogP contribution >= 0.6 is 12.4 Å². The Morgan fingerprint density at radius 2 is 1.92 bits per heavy atom. The van der Waals surface area contributed by atoms with Crippen molar-refractivity contribution in [2.75, 3.05) is 20.2 Å². The summed E-state index contributed by atoms with van der Waals surface area (Å²) in [7, 11) is 1.73. The number of hydrogen-bond donors (Lipinski definition) is 0. The number of methoxy groups -OCH3 is 1. The highest BCUT2D eigenvalue weighted by molar-refractivity contribution is 5.86. The summed E-state index contributed by atoms with van der Waals surface area (Å²) in [6, 6.07) is 17.0. The summed E-state index contributed by atoms with van der Waals surface area (Å²) in [5.74, 6) is 3.62. The van der Waals surface area contributed by atoms with Crippen molar-refractivity contribution in [3.8, 4) is 5.75 Å². The van der Waals surface area contributed by atoms with E-state index >= 15 is 0 Å². The topological polar surface area (TPSA) is 25.6 Å². The van der Waals surface area contributed by atoms with Gasteiger partial charge in [0, 0.05) is 17.3 Å². The summed E-state index contributed by atoms with van der Waals surface area (Å²) in [4.78, 5) is 2.53. The van der Waals surface area contributed by atoms with E-state index in [0.29, 0.717) is 5.92 Å². The van der Waals surface area contributed by atoms with Crippen LogP contribution in [0, 0.1) is 6.92 Å². The first kappa shape index (κ1) is 18.8. The van der Waals surface area contributed by atoms with E-state index in [9.17, 15) is 0 Å². The van der Waals surface area contributed by atoms with Crippen molar-refractivity contribution in [3.63, 3.8) is 0 Å². The lowest BCUT2D eigenvalue weighted by Gasteiger charge is -2.32. The summed E-state index contributed by atoms with van der Waals surface area (Å²) in [5.41, 5.74) is 1.38. The second-order valence-electron chi connectivity index (χ2n) is 6.98. The number of halogens is 1. The highest BCUT2D eigenvalue weighted by Crippen LogP contribution is 2.32. The molecule has 4 heteroatoms. The Morgan fingerprint density at radius 1 is 1.12 bits per heavy atom. The molecule has 1 saturated heterocycles. The van der Waals surface area contributed by atoms with Gasteiger partial charge in [-0.2, -0.15) is 0 Å². The molecule has 2 heterocycles. The quantitative estimate of drug-likeness (QED) is 0.601. The Kier molecular flexibility index (Phi) is 5.90. The molecule has 1 aromatic heterocycles. The highest BCUT2D eigenvalue weighted by atomic mass is 35.5. The average molecular weight is 372 g/mol. The standard InChI is InChI=1S/C22H25NO2.ClH/c1-16-20-10-3-4-11-21(20)22(25-16)15-23-12-6-8-18(14-23)17-7-5-9-19(13-17)24-2;/h3-5,7,9-11,13,18H,6,8,12,14-15H2,1-2H3;1H. The van der Waals surface area contributed by atoms with Gasteiger partial charge in [0.15, 0.2) is 0 Å². The van der Waals surface area contributed by atoms with Gasteiger partial charge < -0.3 is 9.15 Å². The van der Waals surface area contributed by atoms with Gasteiger partial charge in [-0.1, -0.05) is 36.4 Å². The Morgan fingerprint density at radius 3 is 2.73 bits per heavy atom. The van der Waals surface area contributed by atoms with Gasteiger partial charge in [0.25, 0.3) is 0 Å². The summed E-state index contributed by atoms with van der Waals surface area (Å²) in [6.45, 7) is 5.14. The van der Waals surface area contributed by atoms with Crippen LogP contribution in [0.1, 0.15) is 35.8 Å². The molecular weight excluding hydrogens is 346 g/mol. The zero-order valence-corrected chi connectivity index (χ0v) is 16.2. The van der Waals surface area contributed by atoms with Gasteiger partial charge in [-0.05, 0) is 49.9 Å². The molecule has 0 bridgehead atoms. The molecule has 4 rings (SSSR count). The number of hydrogen-bond acceptors (Lipinski definition) is 3. The van der Waals surface area contributed by atoms with Crippen LogP contribution in [-0.2, 0) is 6.54 Å². The molecular formula is C22H26ClNO2. The van der Waals surface area contributed by atoms with E-state index < -0.39 is 0 Å². The molecule has 0 spiro atoms. The van der Waals surface area contributed by atoms with Crippen LogP contribution < -0.4 is 4.74 Å². The average Bonchev–Trinajstić information content (AvgIpc) is 2.98. The molecule has 0 N–H and O–H groups in total. The zero-order valence-electron chi connectivity index (χ0n) is 15.4.